The topological polar surface area (TPSA) is 61.4 Å². The molecule has 2 N–H and O–H groups in total. The predicted octanol–water partition coefficient (Wildman–Crippen LogP) is 0.503. The van der Waals surface area contributed by atoms with Crippen molar-refractivity contribution in [1.29, 1.82) is 0 Å². The normalized spacial score (nSPS) is 15.2. The molecule has 1 rings (SSSR count). The number of rotatable bonds is 7. The summed E-state index contributed by atoms with van der Waals surface area (Å²) in [4.78, 5) is 25.0. The summed E-state index contributed by atoms with van der Waals surface area (Å²) in [7, 11) is 0. The fourth-order valence-corrected chi connectivity index (χ4v) is 2.04. The van der Waals surface area contributed by atoms with Crippen molar-refractivity contribution in [3.63, 3.8) is 0 Å². The zero-order chi connectivity index (χ0) is 13.4. The molecule has 5 nitrogen and oxygen atoms in total. The third-order valence-corrected chi connectivity index (χ3v) is 2.95. The fourth-order valence-electron chi connectivity index (χ4n) is 2.04. The van der Waals surface area contributed by atoms with Gasteiger partial charge in [-0.2, -0.15) is 0 Å². The average molecular weight is 255 g/mol. The first-order valence-electron chi connectivity index (χ1n) is 6.87. The second-order valence-electron chi connectivity index (χ2n) is 5.06. The van der Waals surface area contributed by atoms with Crippen LogP contribution < -0.4 is 10.6 Å². The van der Waals surface area contributed by atoms with E-state index in [-0.39, 0.29) is 17.9 Å². The highest BCUT2D eigenvalue weighted by Gasteiger charge is 2.16. The van der Waals surface area contributed by atoms with E-state index < -0.39 is 0 Å². The molecule has 0 saturated carbocycles. The van der Waals surface area contributed by atoms with Crippen molar-refractivity contribution in [2.45, 2.75) is 45.6 Å². The summed E-state index contributed by atoms with van der Waals surface area (Å²) in [5.74, 6) is 0.287. The van der Waals surface area contributed by atoms with Crippen LogP contribution >= 0.6 is 0 Å². The van der Waals surface area contributed by atoms with Gasteiger partial charge in [0.1, 0.15) is 0 Å². The van der Waals surface area contributed by atoms with Crippen LogP contribution in [0.3, 0.4) is 0 Å². The minimum atomic E-state index is 0.0587. The Labute approximate surface area is 109 Å². The summed E-state index contributed by atoms with van der Waals surface area (Å²) < 4.78 is 0. The van der Waals surface area contributed by atoms with E-state index in [4.69, 9.17) is 0 Å². The molecule has 0 spiro atoms. The maximum Gasteiger partial charge on any atom is 0.223 e. The molecule has 1 aliphatic rings. The lowest BCUT2D eigenvalue weighted by atomic mass is 10.3. The highest BCUT2D eigenvalue weighted by atomic mass is 16.2. The Hall–Kier alpha value is -1.10. The third kappa shape index (κ3) is 6.00. The Morgan fingerprint density at radius 3 is 2.33 bits per heavy atom. The molecule has 5 heteroatoms. The number of hydrogen-bond donors (Lipinski definition) is 2. The first kappa shape index (κ1) is 15.0. The molecule has 1 saturated heterocycles. The van der Waals surface area contributed by atoms with Crippen molar-refractivity contribution in [2.24, 2.45) is 0 Å². The standard InChI is InChI=1S/C13H25N3O2/c1-11(2)15-12(17)5-7-14-8-6-13(18)16-9-3-4-10-16/h11,14H,3-10H2,1-2H3,(H,15,17). The van der Waals surface area contributed by atoms with Gasteiger partial charge in [0.25, 0.3) is 0 Å². The maximum absolute atomic E-state index is 11.7. The summed E-state index contributed by atoms with van der Waals surface area (Å²) in [5, 5.41) is 5.97. The summed E-state index contributed by atoms with van der Waals surface area (Å²) >= 11 is 0. The second kappa shape index (κ2) is 8.08. The van der Waals surface area contributed by atoms with Gasteiger partial charge in [0.05, 0.1) is 0 Å². The molecule has 0 radical (unpaired) electrons. The smallest absolute Gasteiger partial charge is 0.223 e. The van der Waals surface area contributed by atoms with Gasteiger partial charge in [-0.25, -0.2) is 0 Å². The molecule has 0 atom stereocenters. The molecular formula is C13H25N3O2. The van der Waals surface area contributed by atoms with Crippen molar-refractivity contribution < 1.29 is 9.59 Å². The molecule has 1 aliphatic heterocycles. The molecule has 0 bridgehead atoms. The second-order valence-corrected chi connectivity index (χ2v) is 5.06. The number of carbonyl (C=O) groups is 2. The lowest BCUT2D eigenvalue weighted by Crippen LogP contribution is -2.34. The van der Waals surface area contributed by atoms with Crippen molar-refractivity contribution in [1.82, 2.24) is 15.5 Å². The largest absolute Gasteiger partial charge is 0.354 e. The van der Waals surface area contributed by atoms with E-state index in [1.165, 1.54) is 0 Å². The molecule has 0 aliphatic carbocycles. The molecular weight excluding hydrogens is 230 g/mol. The Morgan fingerprint density at radius 2 is 1.72 bits per heavy atom. The monoisotopic (exact) mass is 255 g/mol. The molecule has 0 unspecified atom stereocenters. The number of nitrogens with zero attached hydrogens (tertiary/aromatic N) is 1. The van der Waals surface area contributed by atoms with E-state index in [2.05, 4.69) is 10.6 Å². The average Bonchev–Trinajstić information content (AvgIpc) is 2.80. The van der Waals surface area contributed by atoms with Gasteiger partial charge < -0.3 is 15.5 Å². The van der Waals surface area contributed by atoms with Gasteiger partial charge in [0.15, 0.2) is 0 Å². The maximum atomic E-state index is 11.7. The first-order valence-corrected chi connectivity index (χ1v) is 6.87. The highest BCUT2D eigenvalue weighted by molar-refractivity contribution is 5.77. The van der Waals surface area contributed by atoms with Crippen LogP contribution in [0.5, 0.6) is 0 Å². The quantitative estimate of drug-likeness (QED) is 0.651. The Morgan fingerprint density at radius 1 is 1.11 bits per heavy atom. The van der Waals surface area contributed by atoms with Crippen molar-refractivity contribution in [3.05, 3.63) is 0 Å². The van der Waals surface area contributed by atoms with Gasteiger partial charge in [-0.1, -0.05) is 0 Å². The first-order chi connectivity index (χ1) is 8.59. The number of likely N-dealkylation sites (tertiary alicyclic amines) is 1. The molecule has 104 valence electrons. The summed E-state index contributed by atoms with van der Waals surface area (Å²) in [5.41, 5.74) is 0. The van der Waals surface area contributed by atoms with E-state index in [9.17, 15) is 9.59 Å². The van der Waals surface area contributed by atoms with Gasteiger partial charge in [0.2, 0.25) is 11.8 Å². The number of hydrogen-bond acceptors (Lipinski definition) is 3. The van der Waals surface area contributed by atoms with Crippen LogP contribution in [0.25, 0.3) is 0 Å². The summed E-state index contributed by atoms with van der Waals surface area (Å²) in [6.07, 6.45) is 3.27. The van der Waals surface area contributed by atoms with E-state index >= 15 is 0 Å². The van der Waals surface area contributed by atoms with Crippen molar-refractivity contribution >= 4 is 11.8 Å². The molecule has 1 fully saturated rings. The molecule has 1 heterocycles. The fraction of sp³-hybridized carbons (Fsp3) is 0.846. The van der Waals surface area contributed by atoms with Crippen LogP contribution in [0.15, 0.2) is 0 Å². The van der Waals surface area contributed by atoms with E-state index in [0.717, 1.165) is 25.9 Å². The van der Waals surface area contributed by atoms with Crippen LogP contribution in [0, 0.1) is 0 Å². The molecule has 18 heavy (non-hydrogen) atoms. The van der Waals surface area contributed by atoms with E-state index in [1.807, 2.05) is 18.7 Å². The molecule has 0 aromatic heterocycles. The number of nitrogens with one attached hydrogen (secondary N) is 2. The summed E-state index contributed by atoms with van der Waals surface area (Å²) in [6, 6.07) is 0.189. The molecule has 2 amide bonds. The number of amides is 2. The highest BCUT2D eigenvalue weighted by Crippen LogP contribution is 2.08. The SMILES string of the molecule is CC(C)NC(=O)CCNCCC(=O)N1CCCC1. The van der Waals surface area contributed by atoms with Crippen LogP contribution in [-0.2, 0) is 9.59 Å². The van der Waals surface area contributed by atoms with Crippen LogP contribution in [0.2, 0.25) is 0 Å². The van der Waals surface area contributed by atoms with Gasteiger partial charge in [-0.05, 0) is 26.7 Å². The predicted molar refractivity (Wildman–Crippen MR) is 71.2 cm³/mol. The molecule has 0 aromatic carbocycles. The van der Waals surface area contributed by atoms with Crippen LogP contribution in [0.1, 0.15) is 39.5 Å². The van der Waals surface area contributed by atoms with E-state index in [0.29, 0.717) is 25.9 Å². The lowest BCUT2D eigenvalue weighted by molar-refractivity contribution is -0.130. The molecule has 0 aromatic rings. The summed E-state index contributed by atoms with van der Waals surface area (Å²) in [6.45, 7) is 7.00. The minimum absolute atomic E-state index is 0.0587. The third-order valence-electron chi connectivity index (χ3n) is 2.95. The number of carbonyl (C=O) groups excluding carboxylic acids is 2. The van der Waals surface area contributed by atoms with Crippen LogP contribution in [0.4, 0.5) is 0 Å². The Bertz CT molecular complexity index is 273. The van der Waals surface area contributed by atoms with Gasteiger partial charge >= 0.3 is 0 Å². The Balaban J connectivity index is 1.98. The Kier molecular flexibility index (Phi) is 6.72. The lowest BCUT2D eigenvalue weighted by Gasteiger charge is -2.15. The van der Waals surface area contributed by atoms with Gasteiger partial charge in [0, 0.05) is 45.1 Å². The minimum Gasteiger partial charge on any atom is -0.354 e. The van der Waals surface area contributed by atoms with Gasteiger partial charge in [-0.15, -0.1) is 0 Å². The zero-order valence-corrected chi connectivity index (χ0v) is 11.5. The van der Waals surface area contributed by atoms with E-state index in [1.54, 1.807) is 0 Å². The van der Waals surface area contributed by atoms with Gasteiger partial charge in [-0.3, -0.25) is 9.59 Å². The van der Waals surface area contributed by atoms with Crippen LogP contribution in [-0.4, -0.2) is 48.9 Å². The van der Waals surface area contributed by atoms with Crippen molar-refractivity contribution in [2.75, 3.05) is 26.2 Å². The zero-order valence-electron chi connectivity index (χ0n) is 11.5. The van der Waals surface area contributed by atoms with Crippen molar-refractivity contribution in [3.8, 4) is 0 Å².